The van der Waals surface area contributed by atoms with Crippen molar-refractivity contribution < 1.29 is 0 Å². The van der Waals surface area contributed by atoms with Crippen LogP contribution < -0.4 is 0 Å². The van der Waals surface area contributed by atoms with Crippen LogP contribution in [0.5, 0.6) is 0 Å². The van der Waals surface area contributed by atoms with E-state index in [1.807, 2.05) is 0 Å². The zero-order chi connectivity index (χ0) is 19.0. The Bertz CT molecular complexity index is 257. The van der Waals surface area contributed by atoms with Crippen LogP contribution in [0.2, 0.25) is 8.87 Å². The Balaban J connectivity index is 4.75. The molecule has 0 radical (unpaired) electrons. The van der Waals surface area contributed by atoms with E-state index in [4.69, 9.17) is 0 Å². The predicted molar refractivity (Wildman–Crippen MR) is 126 cm³/mol. The van der Waals surface area contributed by atoms with Crippen LogP contribution in [-0.2, 0) is 0 Å². The molecule has 0 rings (SSSR count). The third-order valence-corrected chi connectivity index (χ3v) is 36.1. The standard InChI is InChI=1S/2C6H15NS.2C4H9.Sn/c2*1-3-7(4-2)5-6-8;2*1-3-4-2;/h2*8H,3-6H2,1-2H3;2*1,3-4H2,2H3;/q;;;;+2/p-2. The minimum absolute atomic E-state index is 1.21. The molecule has 0 fully saturated rings. The number of hydrogen-bond acceptors (Lipinski definition) is 4. The summed E-state index contributed by atoms with van der Waals surface area (Å²) in [6, 6.07) is 0. The van der Waals surface area contributed by atoms with Crippen molar-refractivity contribution >= 4 is 33.5 Å². The molecule has 0 aromatic rings. The van der Waals surface area contributed by atoms with Crippen molar-refractivity contribution in [1.29, 1.82) is 0 Å². The van der Waals surface area contributed by atoms with Crippen LogP contribution in [0.25, 0.3) is 0 Å². The molecule has 0 bridgehead atoms. The fourth-order valence-corrected chi connectivity index (χ4v) is 33.6. The Kier molecular flexibility index (Phi) is 18.5. The van der Waals surface area contributed by atoms with Gasteiger partial charge in [-0.1, -0.05) is 0 Å². The molecule has 0 heterocycles. The van der Waals surface area contributed by atoms with E-state index in [2.05, 4.69) is 69.2 Å². The summed E-state index contributed by atoms with van der Waals surface area (Å²) < 4.78 is 3.19. The maximum atomic E-state index is 2.60. The van der Waals surface area contributed by atoms with Crippen LogP contribution in [0.3, 0.4) is 0 Å². The van der Waals surface area contributed by atoms with Crippen molar-refractivity contribution in [1.82, 2.24) is 9.80 Å². The van der Waals surface area contributed by atoms with Crippen molar-refractivity contribution in [2.45, 2.75) is 76.1 Å². The predicted octanol–water partition coefficient (Wildman–Crippen LogP) is 6.18. The molecule has 0 saturated carbocycles. The summed E-state index contributed by atoms with van der Waals surface area (Å²) in [6.45, 7) is 21.4. The van der Waals surface area contributed by atoms with Gasteiger partial charge in [-0.15, -0.1) is 0 Å². The van der Waals surface area contributed by atoms with Crippen molar-refractivity contribution in [2.24, 2.45) is 0 Å². The zero-order valence-corrected chi connectivity index (χ0v) is 22.6. The first-order valence-corrected chi connectivity index (χ1v) is 23.8. The second-order valence-corrected chi connectivity index (χ2v) is 33.5. The van der Waals surface area contributed by atoms with E-state index in [9.17, 15) is 0 Å². The van der Waals surface area contributed by atoms with Crippen LogP contribution in [-0.4, -0.2) is 76.2 Å². The molecule has 0 saturated heterocycles. The summed E-state index contributed by atoms with van der Waals surface area (Å²) in [5.41, 5.74) is 0. The van der Waals surface area contributed by atoms with Crippen molar-refractivity contribution in [3.63, 3.8) is 0 Å². The third kappa shape index (κ3) is 12.5. The summed E-state index contributed by atoms with van der Waals surface area (Å²) >= 11 is -2.11. The number of hydrogen-bond donors (Lipinski definition) is 0. The van der Waals surface area contributed by atoms with Gasteiger partial charge in [0, 0.05) is 0 Å². The van der Waals surface area contributed by atoms with Crippen molar-refractivity contribution in [3.8, 4) is 0 Å². The summed E-state index contributed by atoms with van der Waals surface area (Å²) in [7, 11) is 4.98. The molecule has 0 aromatic carbocycles. The Morgan fingerprint density at radius 3 is 1.24 bits per heavy atom. The molecule has 0 unspecified atom stereocenters. The molecule has 2 nitrogen and oxygen atoms in total. The molecule has 0 aromatic heterocycles. The molecular formula is C20H46N2S2Sn. The van der Waals surface area contributed by atoms with Crippen LogP contribution >= 0.6 is 17.9 Å². The van der Waals surface area contributed by atoms with Gasteiger partial charge < -0.3 is 0 Å². The molecule has 0 N–H and O–H groups in total. The van der Waals surface area contributed by atoms with Crippen molar-refractivity contribution in [2.75, 3.05) is 50.8 Å². The first-order chi connectivity index (χ1) is 12.1. The summed E-state index contributed by atoms with van der Waals surface area (Å²) in [5.74, 6) is 2.76. The molecule has 0 aliphatic rings. The van der Waals surface area contributed by atoms with Gasteiger partial charge in [0.2, 0.25) is 0 Å². The molecule has 5 heteroatoms. The monoisotopic (exact) mass is 498 g/mol. The van der Waals surface area contributed by atoms with Gasteiger partial charge in [0.05, 0.1) is 0 Å². The number of unbranched alkanes of at least 4 members (excludes halogenated alkanes) is 2. The van der Waals surface area contributed by atoms with Gasteiger partial charge in [0.25, 0.3) is 0 Å². The van der Waals surface area contributed by atoms with E-state index in [0.717, 1.165) is 0 Å². The second kappa shape index (κ2) is 17.5. The van der Waals surface area contributed by atoms with E-state index >= 15 is 0 Å². The van der Waals surface area contributed by atoms with Crippen LogP contribution in [0.1, 0.15) is 67.2 Å². The first kappa shape index (κ1) is 26.4. The van der Waals surface area contributed by atoms with Crippen LogP contribution in [0, 0.1) is 0 Å². The van der Waals surface area contributed by atoms with E-state index in [1.54, 1.807) is 8.87 Å². The van der Waals surface area contributed by atoms with E-state index in [1.165, 1.54) is 76.5 Å². The summed E-state index contributed by atoms with van der Waals surface area (Å²) in [5, 5.41) is 0. The molecular weight excluding hydrogens is 451 g/mol. The third-order valence-electron chi connectivity index (χ3n) is 5.16. The minimum atomic E-state index is -2.11. The zero-order valence-electron chi connectivity index (χ0n) is 18.1. The molecule has 0 aliphatic carbocycles. The summed E-state index contributed by atoms with van der Waals surface area (Å²) in [4.78, 5) is 5.20. The quantitative estimate of drug-likeness (QED) is 0.209. The van der Waals surface area contributed by atoms with Gasteiger partial charge in [0.15, 0.2) is 0 Å². The topological polar surface area (TPSA) is 6.48 Å². The van der Waals surface area contributed by atoms with Gasteiger partial charge in [-0.25, -0.2) is 0 Å². The molecule has 0 aliphatic heterocycles. The molecule has 152 valence electrons. The number of rotatable bonds is 18. The second-order valence-electron chi connectivity index (χ2n) is 6.87. The number of nitrogens with zero attached hydrogens (tertiary/aromatic N) is 2. The Morgan fingerprint density at radius 1 is 0.600 bits per heavy atom. The van der Waals surface area contributed by atoms with E-state index in [-0.39, 0.29) is 0 Å². The normalized spacial score (nSPS) is 12.5. The molecule has 25 heavy (non-hydrogen) atoms. The van der Waals surface area contributed by atoms with Gasteiger partial charge >= 0.3 is 170 Å². The maximum absolute atomic E-state index is 2.60. The average Bonchev–Trinajstić information content (AvgIpc) is 2.65. The molecule has 0 spiro atoms. The average molecular weight is 497 g/mol. The van der Waals surface area contributed by atoms with Crippen molar-refractivity contribution in [3.05, 3.63) is 0 Å². The van der Waals surface area contributed by atoms with Crippen LogP contribution in [0.4, 0.5) is 0 Å². The van der Waals surface area contributed by atoms with E-state index < -0.39 is 15.6 Å². The Labute approximate surface area is 169 Å². The Hall–Kier alpha value is 1.42. The molecule has 0 amide bonds. The van der Waals surface area contributed by atoms with E-state index in [0.29, 0.717) is 0 Å². The fourth-order valence-electron chi connectivity index (χ4n) is 3.15. The SMILES string of the molecule is CCC[CH2][Sn]([CH2]CCC)([S]CCN(CC)CC)[S]CCN(CC)CC. The van der Waals surface area contributed by atoms with Crippen LogP contribution in [0.15, 0.2) is 0 Å². The van der Waals surface area contributed by atoms with Gasteiger partial charge in [-0.3, -0.25) is 0 Å². The Morgan fingerprint density at radius 2 is 0.960 bits per heavy atom. The fraction of sp³-hybridized carbons (Fsp3) is 1.00. The van der Waals surface area contributed by atoms with Gasteiger partial charge in [0.1, 0.15) is 0 Å². The molecule has 0 atom stereocenters. The van der Waals surface area contributed by atoms with Gasteiger partial charge in [-0.05, 0) is 0 Å². The first-order valence-electron chi connectivity index (χ1n) is 10.8. The summed E-state index contributed by atoms with van der Waals surface area (Å²) in [6.07, 6.45) is 5.68. The van der Waals surface area contributed by atoms with Gasteiger partial charge in [-0.2, -0.15) is 0 Å².